The second-order valence-electron chi connectivity index (χ2n) is 4.18. The number of ether oxygens (including phenoxy) is 1. The van der Waals surface area contributed by atoms with E-state index in [0.717, 1.165) is 17.0 Å². The molecule has 0 bridgehead atoms. The molecule has 0 saturated heterocycles. The number of nitrogens with zero attached hydrogens (tertiary/aromatic N) is 1. The lowest BCUT2D eigenvalue weighted by molar-refractivity contribution is 0.386. The van der Waals surface area contributed by atoms with Crippen molar-refractivity contribution in [1.82, 2.24) is 9.97 Å². The Morgan fingerprint density at radius 1 is 1.42 bits per heavy atom. The van der Waals surface area contributed by atoms with E-state index in [-0.39, 0.29) is 11.3 Å². The lowest BCUT2D eigenvalue weighted by Crippen LogP contribution is -2.15. The van der Waals surface area contributed by atoms with E-state index in [9.17, 15) is 9.18 Å². The summed E-state index contributed by atoms with van der Waals surface area (Å²) in [6.45, 7) is 0. The molecule has 6 heteroatoms. The van der Waals surface area contributed by atoms with Crippen molar-refractivity contribution in [3.63, 3.8) is 0 Å². The summed E-state index contributed by atoms with van der Waals surface area (Å²) < 4.78 is 18.3. The summed E-state index contributed by atoms with van der Waals surface area (Å²) in [4.78, 5) is 19.1. The van der Waals surface area contributed by atoms with Crippen molar-refractivity contribution in [1.29, 1.82) is 0 Å². The lowest BCUT2D eigenvalue weighted by Gasteiger charge is -2.06. The number of thioether (sulfide) groups is 1. The van der Waals surface area contributed by atoms with Crippen molar-refractivity contribution >= 4 is 11.8 Å². The molecule has 1 N–H and O–H groups in total. The van der Waals surface area contributed by atoms with Crippen LogP contribution < -0.4 is 10.3 Å². The van der Waals surface area contributed by atoms with Crippen molar-refractivity contribution in [2.75, 3.05) is 7.11 Å². The van der Waals surface area contributed by atoms with E-state index in [2.05, 4.69) is 9.97 Å². The maximum atomic E-state index is 13.4. The van der Waals surface area contributed by atoms with Gasteiger partial charge in [-0.3, -0.25) is 4.79 Å². The molecule has 98 valence electrons. The number of aromatic amines is 1. The van der Waals surface area contributed by atoms with Crippen LogP contribution in [-0.2, 0) is 11.5 Å². The molecular formula is C13H11FN2O2S. The van der Waals surface area contributed by atoms with Gasteiger partial charge in [0.15, 0.2) is 11.6 Å². The molecule has 1 aliphatic heterocycles. The molecule has 0 unspecified atom stereocenters. The van der Waals surface area contributed by atoms with Gasteiger partial charge in [-0.15, -0.1) is 0 Å². The second kappa shape index (κ2) is 4.70. The number of nitrogens with one attached hydrogen (secondary N) is 1. The Bertz CT molecular complexity index is 700. The first-order valence-corrected chi connectivity index (χ1v) is 6.88. The zero-order valence-corrected chi connectivity index (χ0v) is 11.0. The molecule has 3 rings (SSSR count). The van der Waals surface area contributed by atoms with Gasteiger partial charge in [0.1, 0.15) is 5.82 Å². The van der Waals surface area contributed by atoms with Crippen LogP contribution in [0, 0.1) is 5.82 Å². The summed E-state index contributed by atoms with van der Waals surface area (Å²) in [6, 6.07) is 4.41. The van der Waals surface area contributed by atoms with E-state index >= 15 is 0 Å². The van der Waals surface area contributed by atoms with Gasteiger partial charge in [-0.1, -0.05) is 0 Å². The molecule has 4 nitrogen and oxygen atoms in total. The van der Waals surface area contributed by atoms with Crippen molar-refractivity contribution in [2.45, 2.75) is 11.5 Å². The first-order chi connectivity index (χ1) is 9.19. The molecule has 2 aromatic rings. The van der Waals surface area contributed by atoms with E-state index < -0.39 is 5.82 Å². The SMILES string of the molecule is COc1cc(-c2nc3c(c(=O)[nH]2)CSC3)ccc1F. The summed E-state index contributed by atoms with van der Waals surface area (Å²) in [6.07, 6.45) is 0. The molecule has 1 aromatic heterocycles. The first kappa shape index (κ1) is 12.2. The van der Waals surface area contributed by atoms with Crippen LogP contribution in [0.3, 0.4) is 0 Å². The van der Waals surface area contributed by atoms with Gasteiger partial charge in [0.05, 0.1) is 12.8 Å². The number of H-pyrrole nitrogens is 1. The predicted octanol–water partition coefficient (Wildman–Crippen LogP) is 2.33. The molecule has 0 saturated carbocycles. The standard InChI is InChI=1S/C13H11FN2O2S/c1-18-11-4-7(2-3-9(11)14)12-15-10-6-19-5-8(10)13(17)16-12/h2-4H,5-6H2,1H3,(H,15,16,17). The summed E-state index contributed by atoms with van der Waals surface area (Å²) >= 11 is 1.66. The van der Waals surface area contributed by atoms with E-state index in [1.165, 1.54) is 19.2 Å². The Labute approximate surface area is 113 Å². The molecule has 0 atom stereocenters. The average molecular weight is 278 g/mol. The molecular weight excluding hydrogens is 267 g/mol. The van der Waals surface area contributed by atoms with Crippen molar-refractivity contribution in [2.24, 2.45) is 0 Å². The zero-order valence-electron chi connectivity index (χ0n) is 10.2. The van der Waals surface area contributed by atoms with Crippen LogP contribution in [0.25, 0.3) is 11.4 Å². The van der Waals surface area contributed by atoms with Crippen LogP contribution >= 0.6 is 11.8 Å². The van der Waals surface area contributed by atoms with Gasteiger partial charge in [0.25, 0.3) is 5.56 Å². The molecule has 0 spiro atoms. The average Bonchev–Trinajstić information content (AvgIpc) is 2.88. The molecule has 0 fully saturated rings. The highest BCUT2D eigenvalue weighted by Gasteiger charge is 2.18. The second-order valence-corrected chi connectivity index (χ2v) is 5.17. The summed E-state index contributed by atoms with van der Waals surface area (Å²) in [5, 5.41) is 0. The molecule has 0 aliphatic carbocycles. The normalized spacial score (nSPS) is 13.4. The number of hydrogen-bond donors (Lipinski definition) is 1. The van der Waals surface area contributed by atoms with Crippen LogP contribution in [0.15, 0.2) is 23.0 Å². The molecule has 1 aromatic carbocycles. The number of rotatable bonds is 2. The predicted molar refractivity (Wildman–Crippen MR) is 71.8 cm³/mol. The van der Waals surface area contributed by atoms with Crippen LogP contribution in [0.4, 0.5) is 4.39 Å². The Morgan fingerprint density at radius 3 is 3.05 bits per heavy atom. The third-order valence-electron chi connectivity index (χ3n) is 3.01. The molecule has 0 amide bonds. The van der Waals surface area contributed by atoms with Gasteiger partial charge in [-0.05, 0) is 18.2 Å². The Balaban J connectivity index is 2.12. The number of halogens is 1. The minimum absolute atomic E-state index is 0.117. The van der Waals surface area contributed by atoms with Gasteiger partial charge in [0, 0.05) is 22.6 Å². The van der Waals surface area contributed by atoms with Crippen molar-refractivity contribution in [3.05, 3.63) is 45.6 Å². The number of aromatic nitrogens is 2. The first-order valence-electron chi connectivity index (χ1n) is 5.73. The zero-order chi connectivity index (χ0) is 13.4. The Kier molecular flexibility index (Phi) is 3.02. The highest BCUT2D eigenvalue weighted by molar-refractivity contribution is 7.98. The summed E-state index contributed by atoms with van der Waals surface area (Å²) in [7, 11) is 1.40. The topological polar surface area (TPSA) is 55.0 Å². The quantitative estimate of drug-likeness (QED) is 0.916. The van der Waals surface area contributed by atoms with Gasteiger partial charge < -0.3 is 9.72 Å². The molecule has 2 heterocycles. The molecule has 19 heavy (non-hydrogen) atoms. The van der Waals surface area contributed by atoms with Gasteiger partial charge in [0.2, 0.25) is 0 Å². The number of fused-ring (bicyclic) bond motifs is 1. The number of hydrogen-bond acceptors (Lipinski definition) is 4. The molecule has 0 radical (unpaired) electrons. The maximum absolute atomic E-state index is 13.4. The highest BCUT2D eigenvalue weighted by atomic mass is 32.2. The minimum atomic E-state index is -0.440. The van der Waals surface area contributed by atoms with Crippen LogP contribution in [0.2, 0.25) is 0 Å². The van der Waals surface area contributed by atoms with Gasteiger partial charge in [-0.2, -0.15) is 11.8 Å². The Hall–Kier alpha value is -1.82. The van der Waals surface area contributed by atoms with Gasteiger partial charge in [-0.25, -0.2) is 9.37 Å². The third kappa shape index (κ3) is 2.12. The van der Waals surface area contributed by atoms with Crippen LogP contribution in [0.1, 0.15) is 11.3 Å². The van der Waals surface area contributed by atoms with Gasteiger partial charge >= 0.3 is 0 Å². The summed E-state index contributed by atoms with van der Waals surface area (Å²) in [5.74, 6) is 1.58. The fourth-order valence-electron chi connectivity index (χ4n) is 2.01. The van der Waals surface area contributed by atoms with E-state index in [4.69, 9.17) is 4.74 Å². The maximum Gasteiger partial charge on any atom is 0.255 e. The van der Waals surface area contributed by atoms with Crippen LogP contribution in [0.5, 0.6) is 5.75 Å². The minimum Gasteiger partial charge on any atom is -0.494 e. The number of benzene rings is 1. The van der Waals surface area contributed by atoms with Crippen LogP contribution in [-0.4, -0.2) is 17.1 Å². The summed E-state index contributed by atoms with van der Waals surface area (Å²) in [5.41, 5.74) is 2.07. The van der Waals surface area contributed by atoms with Crippen molar-refractivity contribution < 1.29 is 9.13 Å². The van der Waals surface area contributed by atoms with E-state index in [1.54, 1.807) is 17.8 Å². The smallest absolute Gasteiger partial charge is 0.255 e. The van der Waals surface area contributed by atoms with Crippen molar-refractivity contribution in [3.8, 4) is 17.1 Å². The fraction of sp³-hybridized carbons (Fsp3) is 0.231. The highest BCUT2D eigenvalue weighted by Crippen LogP contribution is 2.28. The van der Waals surface area contributed by atoms with E-state index in [1.807, 2.05) is 0 Å². The largest absolute Gasteiger partial charge is 0.494 e. The molecule has 1 aliphatic rings. The lowest BCUT2D eigenvalue weighted by atomic mass is 10.1. The third-order valence-corrected chi connectivity index (χ3v) is 3.98. The Morgan fingerprint density at radius 2 is 2.26 bits per heavy atom. The monoisotopic (exact) mass is 278 g/mol. The fourth-order valence-corrected chi connectivity index (χ4v) is 3.04. The number of methoxy groups -OCH3 is 1. The van der Waals surface area contributed by atoms with E-state index in [0.29, 0.717) is 17.1 Å².